The van der Waals surface area contributed by atoms with Crippen molar-refractivity contribution in [1.29, 1.82) is 0 Å². The normalized spacial score (nSPS) is 17.6. The van der Waals surface area contributed by atoms with Gasteiger partial charge in [0.05, 0.1) is 0 Å². The Kier molecular flexibility index (Phi) is 4.94. The molecule has 0 radical (unpaired) electrons. The fourth-order valence-corrected chi connectivity index (χ4v) is 3.33. The van der Waals surface area contributed by atoms with Crippen molar-refractivity contribution in [3.05, 3.63) is 28.2 Å². The number of nitrogens with one attached hydrogen (secondary N) is 2. The molecule has 0 saturated carbocycles. The van der Waals surface area contributed by atoms with Crippen LogP contribution in [0.4, 0.5) is 0 Å². The average Bonchev–Trinajstić information content (AvgIpc) is 2.48. The van der Waals surface area contributed by atoms with Gasteiger partial charge in [0, 0.05) is 39.3 Å². The van der Waals surface area contributed by atoms with E-state index < -0.39 is 10.2 Å². The SMILES string of the molecule is CN(C)S(=O)(=O)N1CCC(NC(=O)c2ccc(=O)[nH]n2)CC1. The van der Waals surface area contributed by atoms with E-state index >= 15 is 0 Å². The first-order chi connectivity index (χ1) is 10.3. The van der Waals surface area contributed by atoms with Gasteiger partial charge in [-0.25, -0.2) is 5.10 Å². The summed E-state index contributed by atoms with van der Waals surface area (Å²) in [5.74, 6) is -0.384. The summed E-state index contributed by atoms with van der Waals surface area (Å²) in [7, 11) is -0.425. The van der Waals surface area contributed by atoms with E-state index in [4.69, 9.17) is 0 Å². The van der Waals surface area contributed by atoms with Crippen molar-refractivity contribution in [2.45, 2.75) is 18.9 Å². The maximum Gasteiger partial charge on any atom is 0.281 e. The largest absolute Gasteiger partial charge is 0.348 e. The molecule has 0 aromatic carbocycles. The van der Waals surface area contributed by atoms with E-state index in [1.54, 1.807) is 0 Å². The Labute approximate surface area is 128 Å². The number of rotatable bonds is 4. The third kappa shape index (κ3) is 3.70. The maximum absolute atomic E-state index is 12.0. The fourth-order valence-electron chi connectivity index (χ4n) is 2.19. The number of hydrogen-bond acceptors (Lipinski definition) is 5. The fraction of sp³-hybridized carbons (Fsp3) is 0.583. The second-order valence-electron chi connectivity index (χ2n) is 5.24. The van der Waals surface area contributed by atoms with Gasteiger partial charge in [0.2, 0.25) is 0 Å². The molecule has 2 rings (SSSR count). The lowest BCUT2D eigenvalue weighted by molar-refractivity contribution is 0.0917. The minimum Gasteiger partial charge on any atom is -0.348 e. The molecule has 1 amide bonds. The molecule has 0 aliphatic carbocycles. The molecular weight excluding hydrogens is 310 g/mol. The molecule has 1 aliphatic rings. The third-order valence-corrected chi connectivity index (χ3v) is 5.43. The zero-order chi connectivity index (χ0) is 16.3. The minimum atomic E-state index is -3.41. The van der Waals surface area contributed by atoms with Gasteiger partial charge in [-0.1, -0.05) is 0 Å². The zero-order valence-corrected chi connectivity index (χ0v) is 13.3. The molecule has 22 heavy (non-hydrogen) atoms. The van der Waals surface area contributed by atoms with Crippen molar-refractivity contribution in [3.8, 4) is 0 Å². The Morgan fingerprint density at radius 1 is 1.36 bits per heavy atom. The summed E-state index contributed by atoms with van der Waals surface area (Å²) in [6.07, 6.45) is 1.06. The monoisotopic (exact) mass is 329 g/mol. The maximum atomic E-state index is 12.0. The van der Waals surface area contributed by atoms with Gasteiger partial charge < -0.3 is 5.32 Å². The standard InChI is InChI=1S/C12H19N5O4S/c1-16(2)22(20,21)17-7-5-9(6-8-17)13-12(19)10-3-4-11(18)15-14-10/h3-4,9H,5-8H2,1-2H3,(H,13,19)(H,15,18). The van der Waals surface area contributed by atoms with Crippen LogP contribution in [-0.4, -0.2) is 66.4 Å². The Balaban J connectivity index is 1.91. The lowest BCUT2D eigenvalue weighted by atomic mass is 10.1. The van der Waals surface area contributed by atoms with Crippen molar-refractivity contribution < 1.29 is 13.2 Å². The number of amides is 1. The molecule has 9 nitrogen and oxygen atoms in total. The number of hydrogen-bond donors (Lipinski definition) is 2. The number of aromatic amines is 1. The van der Waals surface area contributed by atoms with E-state index in [2.05, 4.69) is 15.5 Å². The van der Waals surface area contributed by atoms with Crippen molar-refractivity contribution in [3.63, 3.8) is 0 Å². The summed E-state index contributed by atoms with van der Waals surface area (Å²) < 4.78 is 26.6. The topological polar surface area (TPSA) is 115 Å². The lowest BCUT2D eigenvalue weighted by Crippen LogP contribution is -2.49. The molecule has 1 aromatic rings. The van der Waals surface area contributed by atoms with E-state index in [1.807, 2.05) is 0 Å². The molecule has 0 bridgehead atoms. The summed E-state index contributed by atoms with van der Waals surface area (Å²) in [5.41, 5.74) is -0.248. The Morgan fingerprint density at radius 2 is 2.00 bits per heavy atom. The van der Waals surface area contributed by atoms with Gasteiger partial charge in [-0.05, 0) is 18.9 Å². The molecule has 0 atom stereocenters. The number of aromatic nitrogens is 2. The molecule has 0 spiro atoms. The number of nitrogens with zero attached hydrogens (tertiary/aromatic N) is 3. The lowest BCUT2D eigenvalue weighted by Gasteiger charge is -2.32. The van der Waals surface area contributed by atoms with Crippen LogP contribution in [0.1, 0.15) is 23.3 Å². The molecule has 122 valence electrons. The highest BCUT2D eigenvalue weighted by Crippen LogP contribution is 2.15. The highest BCUT2D eigenvalue weighted by Gasteiger charge is 2.30. The second kappa shape index (κ2) is 6.55. The van der Waals surface area contributed by atoms with E-state index in [0.717, 1.165) is 0 Å². The first-order valence-electron chi connectivity index (χ1n) is 6.85. The van der Waals surface area contributed by atoms with Gasteiger partial charge in [-0.15, -0.1) is 0 Å². The van der Waals surface area contributed by atoms with Gasteiger partial charge in [-0.3, -0.25) is 9.59 Å². The van der Waals surface area contributed by atoms with Crippen molar-refractivity contribution in [1.82, 2.24) is 24.1 Å². The highest BCUT2D eigenvalue weighted by molar-refractivity contribution is 7.86. The summed E-state index contributed by atoms with van der Waals surface area (Å²) >= 11 is 0. The van der Waals surface area contributed by atoms with Gasteiger partial charge in [0.25, 0.3) is 21.7 Å². The van der Waals surface area contributed by atoms with Gasteiger partial charge in [0.1, 0.15) is 5.69 Å². The van der Waals surface area contributed by atoms with Crippen molar-refractivity contribution in [2.75, 3.05) is 27.2 Å². The van der Waals surface area contributed by atoms with Gasteiger partial charge in [-0.2, -0.15) is 22.1 Å². The summed E-state index contributed by atoms with van der Waals surface area (Å²) in [6, 6.07) is 2.46. The van der Waals surface area contributed by atoms with Crippen LogP contribution in [0.3, 0.4) is 0 Å². The molecule has 1 aromatic heterocycles. The van der Waals surface area contributed by atoms with Crippen molar-refractivity contribution in [2.24, 2.45) is 0 Å². The summed E-state index contributed by atoms with van der Waals surface area (Å²) in [4.78, 5) is 22.9. The number of carbonyl (C=O) groups excluding carboxylic acids is 1. The average molecular weight is 329 g/mol. The summed E-state index contributed by atoms with van der Waals surface area (Å²) in [5, 5.41) is 8.65. The zero-order valence-electron chi connectivity index (χ0n) is 12.4. The van der Waals surface area contributed by atoms with Crippen LogP contribution < -0.4 is 10.9 Å². The van der Waals surface area contributed by atoms with Crippen LogP contribution in [0.25, 0.3) is 0 Å². The summed E-state index contributed by atoms with van der Waals surface area (Å²) in [6.45, 7) is 0.703. The van der Waals surface area contributed by atoms with Crippen LogP contribution in [0.5, 0.6) is 0 Å². The van der Waals surface area contributed by atoms with Crippen LogP contribution in [-0.2, 0) is 10.2 Å². The highest BCUT2D eigenvalue weighted by atomic mass is 32.2. The van der Waals surface area contributed by atoms with Gasteiger partial charge >= 0.3 is 0 Å². The molecule has 10 heteroatoms. The van der Waals surface area contributed by atoms with E-state index in [9.17, 15) is 18.0 Å². The number of piperidine rings is 1. The molecule has 2 N–H and O–H groups in total. The van der Waals surface area contributed by atoms with E-state index in [0.29, 0.717) is 25.9 Å². The van der Waals surface area contributed by atoms with Crippen LogP contribution in [0.2, 0.25) is 0 Å². The van der Waals surface area contributed by atoms with E-state index in [1.165, 1.54) is 34.8 Å². The van der Waals surface area contributed by atoms with Crippen LogP contribution in [0.15, 0.2) is 16.9 Å². The third-order valence-electron chi connectivity index (χ3n) is 3.49. The molecular formula is C12H19N5O4S. The number of H-pyrrole nitrogens is 1. The number of carbonyl (C=O) groups is 1. The predicted molar refractivity (Wildman–Crippen MR) is 79.5 cm³/mol. The van der Waals surface area contributed by atoms with Gasteiger partial charge in [0.15, 0.2) is 0 Å². The molecule has 1 saturated heterocycles. The van der Waals surface area contributed by atoms with E-state index in [-0.39, 0.29) is 23.2 Å². The molecule has 1 fully saturated rings. The minimum absolute atomic E-state index is 0.116. The Bertz CT molecular complexity index is 671. The quantitative estimate of drug-likeness (QED) is 0.718. The smallest absolute Gasteiger partial charge is 0.281 e. The first kappa shape index (κ1) is 16.6. The molecule has 1 aliphatic heterocycles. The predicted octanol–water partition coefficient (Wildman–Crippen LogP) is -1.23. The first-order valence-corrected chi connectivity index (χ1v) is 8.24. The Morgan fingerprint density at radius 3 is 2.50 bits per heavy atom. The van der Waals surface area contributed by atoms with Crippen molar-refractivity contribution >= 4 is 16.1 Å². The van der Waals surface area contributed by atoms with Crippen LogP contribution >= 0.6 is 0 Å². The Hall–Kier alpha value is -1.78. The van der Waals surface area contributed by atoms with Crippen LogP contribution in [0, 0.1) is 0 Å². The second-order valence-corrected chi connectivity index (χ2v) is 7.39. The molecule has 0 unspecified atom stereocenters. The molecule has 2 heterocycles.